The Morgan fingerprint density at radius 3 is 2.93 bits per heavy atom. The lowest BCUT2D eigenvalue weighted by Gasteiger charge is -2.16. The lowest BCUT2D eigenvalue weighted by molar-refractivity contribution is 0.138. The molecule has 3 heteroatoms. The number of fused-ring (bicyclic) bond motifs is 1. The van der Waals surface area contributed by atoms with Gasteiger partial charge in [-0.3, -0.25) is 0 Å². The molecule has 0 spiro atoms. The fraction of sp³-hybridized carbons (Fsp3) is 0.500. The highest BCUT2D eigenvalue weighted by molar-refractivity contribution is 5.42. The van der Waals surface area contributed by atoms with E-state index >= 15 is 0 Å². The summed E-state index contributed by atoms with van der Waals surface area (Å²) in [5.74, 6) is 0.924. The smallest absolute Gasteiger partial charge is 0.123 e. The van der Waals surface area contributed by atoms with Gasteiger partial charge in [0.15, 0.2) is 0 Å². The maximum atomic E-state index is 9.62. The van der Waals surface area contributed by atoms with E-state index < -0.39 is 6.10 Å². The average Bonchev–Trinajstić information content (AvgIpc) is 2.49. The van der Waals surface area contributed by atoms with Crippen LogP contribution >= 0.6 is 0 Å². The van der Waals surface area contributed by atoms with Crippen LogP contribution in [0.1, 0.15) is 31.1 Å². The molecule has 1 aromatic carbocycles. The van der Waals surface area contributed by atoms with Crippen LogP contribution in [0.25, 0.3) is 0 Å². The Bertz CT molecular complexity index is 374. The second-order valence-corrected chi connectivity index (χ2v) is 4.66. The minimum absolute atomic E-state index is 0.130. The van der Waals surface area contributed by atoms with E-state index in [1.165, 1.54) is 0 Å². The Balaban J connectivity index is 2.30. The highest BCUT2D eigenvalue weighted by atomic mass is 16.5. The molecule has 0 bridgehead atoms. The van der Waals surface area contributed by atoms with Gasteiger partial charge in [0.25, 0.3) is 0 Å². The first-order valence-electron chi connectivity index (χ1n) is 5.22. The van der Waals surface area contributed by atoms with E-state index in [4.69, 9.17) is 10.5 Å². The van der Waals surface area contributed by atoms with Crippen LogP contribution in [0.3, 0.4) is 0 Å². The summed E-state index contributed by atoms with van der Waals surface area (Å²) in [5.41, 5.74) is 7.32. The first kappa shape index (κ1) is 10.5. The van der Waals surface area contributed by atoms with Gasteiger partial charge in [0.1, 0.15) is 11.4 Å². The van der Waals surface area contributed by atoms with Gasteiger partial charge in [-0.15, -0.1) is 0 Å². The fourth-order valence-corrected chi connectivity index (χ4v) is 1.97. The number of ether oxygens (including phenoxy) is 1. The van der Waals surface area contributed by atoms with E-state index in [9.17, 15) is 5.11 Å². The van der Waals surface area contributed by atoms with Crippen molar-refractivity contribution in [1.82, 2.24) is 0 Å². The van der Waals surface area contributed by atoms with Crippen molar-refractivity contribution in [1.29, 1.82) is 0 Å². The molecule has 1 atom stereocenters. The first-order chi connectivity index (χ1) is 7.02. The van der Waals surface area contributed by atoms with Gasteiger partial charge < -0.3 is 15.6 Å². The van der Waals surface area contributed by atoms with E-state index in [1.807, 2.05) is 18.2 Å². The topological polar surface area (TPSA) is 55.5 Å². The third kappa shape index (κ3) is 1.98. The molecule has 0 radical (unpaired) electrons. The second kappa shape index (κ2) is 3.51. The number of aliphatic hydroxyl groups is 1. The Morgan fingerprint density at radius 2 is 2.27 bits per heavy atom. The van der Waals surface area contributed by atoms with Crippen LogP contribution in [-0.4, -0.2) is 17.3 Å². The van der Waals surface area contributed by atoms with Gasteiger partial charge in [0.2, 0.25) is 0 Å². The monoisotopic (exact) mass is 207 g/mol. The Hall–Kier alpha value is -1.06. The molecule has 0 aliphatic carbocycles. The van der Waals surface area contributed by atoms with Crippen molar-refractivity contribution in [2.24, 2.45) is 5.73 Å². The summed E-state index contributed by atoms with van der Waals surface area (Å²) in [6.45, 7) is 4.38. The maximum Gasteiger partial charge on any atom is 0.123 e. The van der Waals surface area contributed by atoms with E-state index in [-0.39, 0.29) is 12.1 Å². The predicted octanol–water partition coefficient (Wildman–Crippen LogP) is 1.39. The number of aliphatic hydroxyl groups excluding tert-OH is 1. The lowest BCUT2D eigenvalue weighted by Crippen LogP contribution is -2.24. The molecule has 82 valence electrons. The molecule has 1 aliphatic rings. The van der Waals surface area contributed by atoms with E-state index in [0.29, 0.717) is 0 Å². The van der Waals surface area contributed by atoms with Gasteiger partial charge in [-0.2, -0.15) is 0 Å². The SMILES string of the molecule is CC1(C)Cc2cc(C(O)CN)ccc2O1. The summed E-state index contributed by atoms with van der Waals surface area (Å²) in [6.07, 6.45) is 0.312. The molecule has 1 aromatic rings. The van der Waals surface area contributed by atoms with Crippen molar-refractivity contribution >= 4 is 0 Å². The molecule has 15 heavy (non-hydrogen) atoms. The molecular weight excluding hydrogens is 190 g/mol. The minimum Gasteiger partial charge on any atom is -0.487 e. The van der Waals surface area contributed by atoms with Gasteiger partial charge >= 0.3 is 0 Å². The average molecular weight is 207 g/mol. The summed E-state index contributed by atoms with van der Waals surface area (Å²) >= 11 is 0. The molecule has 3 nitrogen and oxygen atoms in total. The summed E-state index contributed by atoms with van der Waals surface area (Å²) in [5, 5.41) is 9.62. The predicted molar refractivity (Wildman–Crippen MR) is 58.9 cm³/mol. The number of hydrogen-bond acceptors (Lipinski definition) is 3. The molecule has 2 rings (SSSR count). The quantitative estimate of drug-likeness (QED) is 0.770. The van der Waals surface area contributed by atoms with Gasteiger partial charge in [-0.1, -0.05) is 6.07 Å². The fourth-order valence-electron chi connectivity index (χ4n) is 1.97. The van der Waals surface area contributed by atoms with Gasteiger partial charge in [-0.25, -0.2) is 0 Å². The number of nitrogens with two attached hydrogens (primary N) is 1. The molecule has 0 aromatic heterocycles. The van der Waals surface area contributed by atoms with Crippen molar-refractivity contribution in [3.05, 3.63) is 29.3 Å². The molecule has 1 aliphatic heterocycles. The van der Waals surface area contributed by atoms with E-state index in [2.05, 4.69) is 13.8 Å². The molecule has 3 N–H and O–H groups in total. The lowest BCUT2D eigenvalue weighted by atomic mass is 9.99. The van der Waals surface area contributed by atoms with Crippen LogP contribution in [-0.2, 0) is 6.42 Å². The van der Waals surface area contributed by atoms with Crippen LogP contribution in [0.4, 0.5) is 0 Å². The number of rotatable bonds is 2. The zero-order chi connectivity index (χ0) is 11.1. The molecule has 0 amide bonds. The third-order valence-electron chi connectivity index (χ3n) is 2.70. The number of hydrogen-bond donors (Lipinski definition) is 2. The second-order valence-electron chi connectivity index (χ2n) is 4.66. The molecule has 0 saturated carbocycles. The summed E-state index contributed by atoms with van der Waals surface area (Å²) < 4.78 is 5.75. The summed E-state index contributed by atoms with van der Waals surface area (Å²) in [4.78, 5) is 0. The molecule has 1 unspecified atom stereocenters. The van der Waals surface area contributed by atoms with Crippen LogP contribution in [0.15, 0.2) is 18.2 Å². The highest BCUT2D eigenvalue weighted by Gasteiger charge is 2.30. The van der Waals surface area contributed by atoms with Gasteiger partial charge in [-0.05, 0) is 37.1 Å². The van der Waals surface area contributed by atoms with E-state index in [1.54, 1.807) is 0 Å². The zero-order valence-electron chi connectivity index (χ0n) is 9.16. The van der Waals surface area contributed by atoms with Crippen LogP contribution in [0, 0.1) is 0 Å². The van der Waals surface area contributed by atoms with Gasteiger partial charge in [0.05, 0.1) is 6.10 Å². The summed E-state index contributed by atoms with van der Waals surface area (Å²) in [7, 11) is 0. The standard InChI is InChI=1S/C12H17NO2/c1-12(2)6-9-5-8(10(14)7-13)3-4-11(9)15-12/h3-5,10,14H,6-7,13H2,1-2H3. The van der Waals surface area contributed by atoms with E-state index in [0.717, 1.165) is 23.3 Å². The first-order valence-corrected chi connectivity index (χ1v) is 5.22. The zero-order valence-corrected chi connectivity index (χ0v) is 9.16. The molecular formula is C12H17NO2. The van der Waals surface area contributed by atoms with Crippen LogP contribution < -0.4 is 10.5 Å². The highest BCUT2D eigenvalue weighted by Crippen LogP contribution is 2.35. The molecule has 0 fully saturated rings. The molecule has 1 heterocycles. The number of benzene rings is 1. The molecule has 0 saturated heterocycles. The Morgan fingerprint density at radius 1 is 1.53 bits per heavy atom. The van der Waals surface area contributed by atoms with Crippen LogP contribution in [0.2, 0.25) is 0 Å². The Kier molecular flexibility index (Phi) is 2.44. The maximum absolute atomic E-state index is 9.62. The van der Waals surface area contributed by atoms with Crippen molar-refractivity contribution in [2.75, 3.05) is 6.54 Å². The van der Waals surface area contributed by atoms with Crippen molar-refractivity contribution < 1.29 is 9.84 Å². The van der Waals surface area contributed by atoms with Crippen molar-refractivity contribution in [2.45, 2.75) is 32.0 Å². The van der Waals surface area contributed by atoms with Crippen LogP contribution in [0.5, 0.6) is 5.75 Å². The largest absolute Gasteiger partial charge is 0.487 e. The summed E-state index contributed by atoms with van der Waals surface area (Å²) in [6, 6.07) is 5.78. The third-order valence-corrected chi connectivity index (χ3v) is 2.70. The normalized spacial score (nSPS) is 19.5. The minimum atomic E-state index is -0.570. The Labute approximate surface area is 89.9 Å². The van der Waals surface area contributed by atoms with Crippen molar-refractivity contribution in [3.63, 3.8) is 0 Å². The van der Waals surface area contributed by atoms with Gasteiger partial charge in [0, 0.05) is 13.0 Å². The van der Waals surface area contributed by atoms with Crippen molar-refractivity contribution in [3.8, 4) is 5.75 Å².